The number of hydrogen-bond donors (Lipinski definition) is 1. The van der Waals surface area contributed by atoms with Gasteiger partial charge in [0, 0.05) is 25.7 Å². The molecule has 1 fully saturated rings. The SMILES string of the molecule is CN1CCNCC1CCOc1ccccc1. The summed E-state index contributed by atoms with van der Waals surface area (Å²) in [6.07, 6.45) is 1.08. The summed E-state index contributed by atoms with van der Waals surface area (Å²) in [4.78, 5) is 2.41. The molecule has 3 heteroatoms. The molecule has 1 unspecified atom stereocenters. The smallest absolute Gasteiger partial charge is 0.119 e. The van der Waals surface area contributed by atoms with Gasteiger partial charge in [0.25, 0.3) is 0 Å². The molecule has 1 aromatic rings. The minimum Gasteiger partial charge on any atom is -0.494 e. The zero-order chi connectivity index (χ0) is 11.2. The second-order valence-corrected chi connectivity index (χ2v) is 4.29. The molecule has 0 saturated carbocycles. The summed E-state index contributed by atoms with van der Waals surface area (Å²) in [5.41, 5.74) is 0. The Kier molecular flexibility index (Phi) is 4.19. The van der Waals surface area contributed by atoms with Gasteiger partial charge in [-0.25, -0.2) is 0 Å². The summed E-state index contributed by atoms with van der Waals surface area (Å²) in [7, 11) is 2.19. The fourth-order valence-electron chi connectivity index (χ4n) is 2.01. The molecule has 1 atom stereocenters. The van der Waals surface area contributed by atoms with Crippen molar-refractivity contribution in [1.82, 2.24) is 10.2 Å². The highest BCUT2D eigenvalue weighted by molar-refractivity contribution is 5.20. The normalized spacial score (nSPS) is 21.9. The van der Waals surface area contributed by atoms with Crippen molar-refractivity contribution in [2.45, 2.75) is 12.5 Å². The van der Waals surface area contributed by atoms with E-state index in [1.165, 1.54) is 0 Å². The minimum absolute atomic E-state index is 0.609. The minimum atomic E-state index is 0.609. The van der Waals surface area contributed by atoms with Crippen LogP contribution in [0.15, 0.2) is 30.3 Å². The van der Waals surface area contributed by atoms with Gasteiger partial charge in [-0.15, -0.1) is 0 Å². The number of likely N-dealkylation sites (N-methyl/N-ethyl adjacent to an activating group) is 1. The van der Waals surface area contributed by atoms with Crippen molar-refractivity contribution in [1.29, 1.82) is 0 Å². The van der Waals surface area contributed by atoms with E-state index in [1.54, 1.807) is 0 Å². The van der Waals surface area contributed by atoms with E-state index in [-0.39, 0.29) is 0 Å². The van der Waals surface area contributed by atoms with E-state index in [2.05, 4.69) is 17.3 Å². The van der Waals surface area contributed by atoms with Gasteiger partial charge in [0.15, 0.2) is 0 Å². The molecule has 0 aromatic heterocycles. The summed E-state index contributed by atoms with van der Waals surface area (Å²) < 4.78 is 5.70. The van der Waals surface area contributed by atoms with Gasteiger partial charge in [0.05, 0.1) is 6.61 Å². The molecule has 1 saturated heterocycles. The Morgan fingerprint density at radius 2 is 2.19 bits per heavy atom. The van der Waals surface area contributed by atoms with Crippen LogP contribution in [-0.2, 0) is 0 Å². The van der Waals surface area contributed by atoms with Crippen LogP contribution in [0.5, 0.6) is 5.75 Å². The first kappa shape index (κ1) is 11.4. The van der Waals surface area contributed by atoms with Crippen molar-refractivity contribution in [3.8, 4) is 5.75 Å². The Morgan fingerprint density at radius 3 is 2.94 bits per heavy atom. The first-order valence-corrected chi connectivity index (χ1v) is 5.95. The third-order valence-electron chi connectivity index (χ3n) is 3.11. The van der Waals surface area contributed by atoms with Crippen molar-refractivity contribution in [3.05, 3.63) is 30.3 Å². The largest absolute Gasteiger partial charge is 0.494 e. The number of para-hydroxylation sites is 1. The molecule has 1 heterocycles. The molecule has 1 aromatic carbocycles. The fraction of sp³-hybridized carbons (Fsp3) is 0.538. The van der Waals surface area contributed by atoms with Crippen LogP contribution in [0.1, 0.15) is 6.42 Å². The van der Waals surface area contributed by atoms with Crippen LogP contribution in [-0.4, -0.2) is 44.2 Å². The van der Waals surface area contributed by atoms with E-state index in [0.717, 1.165) is 38.4 Å². The first-order chi connectivity index (χ1) is 7.86. The highest BCUT2D eigenvalue weighted by atomic mass is 16.5. The van der Waals surface area contributed by atoms with Crippen LogP contribution < -0.4 is 10.1 Å². The lowest BCUT2D eigenvalue weighted by Crippen LogP contribution is -2.49. The standard InChI is InChI=1S/C13H20N2O/c1-15-9-8-14-11-12(15)7-10-16-13-5-3-2-4-6-13/h2-6,12,14H,7-11H2,1H3. The molecule has 1 aliphatic heterocycles. The zero-order valence-electron chi connectivity index (χ0n) is 9.86. The van der Waals surface area contributed by atoms with Crippen LogP contribution in [0.25, 0.3) is 0 Å². The maximum atomic E-state index is 5.70. The van der Waals surface area contributed by atoms with Crippen LogP contribution >= 0.6 is 0 Å². The molecule has 0 spiro atoms. The maximum Gasteiger partial charge on any atom is 0.119 e. The van der Waals surface area contributed by atoms with Gasteiger partial charge in [-0.05, 0) is 25.6 Å². The average molecular weight is 220 g/mol. The van der Waals surface area contributed by atoms with Gasteiger partial charge in [-0.1, -0.05) is 18.2 Å². The molecule has 0 bridgehead atoms. The molecule has 2 rings (SSSR count). The maximum absolute atomic E-state index is 5.70. The predicted molar refractivity (Wildman–Crippen MR) is 65.8 cm³/mol. The summed E-state index contributed by atoms with van der Waals surface area (Å²) >= 11 is 0. The first-order valence-electron chi connectivity index (χ1n) is 5.95. The lowest BCUT2D eigenvalue weighted by molar-refractivity contribution is 0.165. The van der Waals surface area contributed by atoms with Crippen LogP contribution in [0, 0.1) is 0 Å². The molecule has 1 N–H and O–H groups in total. The molecule has 3 nitrogen and oxygen atoms in total. The van der Waals surface area contributed by atoms with E-state index < -0.39 is 0 Å². The highest BCUT2D eigenvalue weighted by Gasteiger charge is 2.17. The van der Waals surface area contributed by atoms with E-state index >= 15 is 0 Å². The molecule has 0 amide bonds. The van der Waals surface area contributed by atoms with Gasteiger partial charge in [0.2, 0.25) is 0 Å². The van der Waals surface area contributed by atoms with E-state index in [0.29, 0.717) is 6.04 Å². The van der Waals surface area contributed by atoms with E-state index in [4.69, 9.17) is 4.74 Å². The summed E-state index contributed by atoms with van der Waals surface area (Å²) in [5.74, 6) is 0.967. The van der Waals surface area contributed by atoms with Crippen LogP contribution in [0.2, 0.25) is 0 Å². The third kappa shape index (κ3) is 3.22. The van der Waals surface area contributed by atoms with Crippen molar-refractivity contribution in [2.75, 3.05) is 33.3 Å². The Bertz CT molecular complexity index is 302. The quantitative estimate of drug-likeness (QED) is 0.829. The number of rotatable bonds is 4. The molecule has 0 aliphatic carbocycles. The van der Waals surface area contributed by atoms with Crippen molar-refractivity contribution in [2.24, 2.45) is 0 Å². The number of benzene rings is 1. The molecule has 1 aliphatic rings. The van der Waals surface area contributed by atoms with Gasteiger partial charge >= 0.3 is 0 Å². The summed E-state index contributed by atoms with van der Waals surface area (Å²) in [6.45, 7) is 4.11. The van der Waals surface area contributed by atoms with Crippen LogP contribution in [0.3, 0.4) is 0 Å². The lowest BCUT2D eigenvalue weighted by atomic mass is 10.1. The Morgan fingerprint density at radius 1 is 1.38 bits per heavy atom. The Balaban J connectivity index is 1.71. The lowest BCUT2D eigenvalue weighted by Gasteiger charge is -2.32. The molecule has 0 radical (unpaired) electrons. The van der Waals surface area contributed by atoms with Crippen molar-refractivity contribution >= 4 is 0 Å². The predicted octanol–water partition coefficient (Wildman–Crippen LogP) is 1.36. The van der Waals surface area contributed by atoms with Gasteiger partial charge < -0.3 is 15.0 Å². The molecule has 16 heavy (non-hydrogen) atoms. The number of ether oxygens (including phenoxy) is 1. The Labute approximate surface area is 97.4 Å². The van der Waals surface area contributed by atoms with E-state index in [9.17, 15) is 0 Å². The third-order valence-corrected chi connectivity index (χ3v) is 3.11. The van der Waals surface area contributed by atoms with Gasteiger partial charge in [-0.3, -0.25) is 0 Å². The average Bonchev–Trinajstić information content (AvgIpc) is 2.33. The van der Waals surface area contributed by atoms with Gasteiger partial charge in [0.1, 0.15) is 5.75 Å². The highest BCUT2D eigenvalue weighted by Crippen LogP contribution is 2.10. The Hall–Kier alpha value is -1.06. The second kappa shape index (κ2) is 5.87. The van der Waals surface area contributed by atoms with Crippen molar-refractivity contribution < 1.29 is 4.74 Å². The zero-order valence-corrected chi connectivity index (χ0v) is 9.86. The van der Waals surface area contributed by atoms with E-state index in [1.807, 2.05) is 30.3 Å². The molecule has 88 valence electrons. The number of nitrogens with zero attached hydrogens (tertiary/aromatic N) is 1. The van der Waals surface area contributed by atoms with Crippen LogP contribution in [0.4, 0.5) is 0 Å². The fourth-order valence-corrected chi connectivity index (χ4v) is 2.01. The number of nitrogens with one attached hydrogen (secondary N) is 1. The van der Waals surface area contributed by atoms with Crippen molar-refractivity contribution in [3.63, 3.8) is 0 Å². The second-order valence-electron chi connectivity index (χ2n) is 4.29. The molecular formula is C13H20N2O. The monoisotopic (exact) mass is 220 g/mol. The summed E-state index contributed by atoms with van der Waals surface area (Å²) in [5, 5.41) is 3.42. The molecular weight excluding hydrogens is 200 g/mol. The topological polar surface area (TPSA) is 24.5 Å². The number of piperazine rings is 1. The van der Waals surface area contributed by atoms with Gasteiger partial charge in [-0.2, -0.15) is 0 Å². The summed E-state index contributed by atoms with van der Waals surface area (Å²) in [6, 6.07) is 10.6. The number of hydrogen-bond acceptors (Lipinski definition) is 3.